The van der Waals surface area contributed by atoms with Crippen molar-refractivity contribution in [2.45, 2.75) is 20.8 Å². The molecule has 0 atom stereocenters. The summed E-state index contributed by atoms with van der Waals surface area (Å²) in [6.07, 6.45) is 6.79. The Kier molecular flexibility index (Phi) is 2.48. The first kappa shape index (κ1) is 10.5. The largest absolute Gasteiger partial charge is 0.318 e. The van der Waals surface area contributed by atoms with Crippen LogP contribution in [-0.2, 0) is 7.05 Å². The number of ketones is 1. The Morgan fingerprint density at radius 1 is 1.57 bits per heavy atom. The van der Waals surface area contributed by atoms with Crippen molar-refractivity contribution in [3.63, 3.8) is 0 Å². The van der Waals surface area contributed by atoms with E-state index >= 15 is 0 Å². The number of aromatic nitrogens is 2. The second-order valence-corrected chi connectivity index (χ2v) is 4.25. The SMILES string of the molecule is C#Cc1cnc(C(=O)C(C)(C)C)n1C. The molecule has 0 spiro atoms. The van der Waals surface area contributed by atoms with E-state index in [4.69, 9.17) is 6.42 Å². The molecular weight excluding hydrogens is 176 g/mol. The van der Waals surface area contributed by atoms with Crippen molar-refractivity contribution in [1.29, 1.82) is 0 Å². The Morgan fingerprint density at radius 3 is 2.50 bits per heavy atom. The highest BCUT2D eigenvalue weighted by atomic mass is 16.1. The zero-order valence-electron chi connectivity index (χ0n) is 8.96. The quantitative estimate of drug-likeness (QED) is 0.498. The Balaban J connectivity index is 3.17. The number of Topliss-reactive ketones (excluding diaryl/α,β-unsaturated/α-hetero) is 1. The van der Waals surface area contributed by atoms with Gasteiger partial charge in [-0.05, 0) is 0 Å². The minimum Gasteiger partial charge on any atom is -0.318 e. The molecule has 0 aliphatic carbocycles. The number of hydrogen-bond acceptors (Lipinski definition) is 2. The molecule has 0 aromatic carbocycles. The Bertz CT molecular complexity index is 402. The molecule has 0 N–H and O–H groups in total. The Morgan fingerprint density at radius 2 is 2.14 bits per heavy atom. The number of terminal acetylenes is 1. The Hall–Kier alpha value is -1.56. The fourth-order valence-corrected chi connectivity index (χ4v) is 1.09. The predicted molar refractivity (Wildman–Crippen MR) is 54.9 cm³/mol. The fraction of sp³-hybridized carbons (Fsp3) is 0.455. The smallest absolute Gasteiger partial charge is 0.203 e. The average molecular weight is 190 g/mol. The van der Waals surface area contributed by atoms with Crippen LogP contribution in [-0.4, -0.2) is 15.3 Å². The molecule has 74 valence electrons. The number of carbonyl (C=O) groups is 1. The summed E-state index contributed by atoms with van der Waals surface area (Å²) in [6.45, 7) is 5.58. The highest BCUT2D eigenvalue weighted by Crippen LogP contribution is 2.19. The molecule has 0 fully saturated rings. The maximum Gasteiger partial charge on any atom is 0.203 e. The van der Waals surface area contributed by atoms with Crippen LogP contribution >= 0.6 is 0 Å². The first-order valence-corrected chi connectivity index (χ1v) is 4.41. The lowest BCUT2D eigenvalue weighted by molar-refractivity contribution is 0.0843. The molecule has 0 saturated carbocycles. The van der Waals surface area contributed by atoms with E-state index in [-0.39, 0.29) is 5.78 Å². The van der Waals surface area contributed by atoms with E-state index in [9.17, 15) is 4.79 Å². The van der Waals surface area contributed by atoms with E-state index in [0.717, 1.165) is 0 Å². The molecule has 0 saturated heterocycles. The second-order valence-electron chi connectivity index (χ2n) is 4.25. The summed E-state index contributed by atoms with van der Waals surface area (Å²) in [6, 6.07) is 0. The first-order chi connectivity index (χ1) is 6.38. The predicted octanol–water partition coefficient (Wildman–Crippen LogP) is 1.63. The van der Waals surface area contributed by atoms with Crippen LogP contribution in [0.15, 0.2) is 6.20 Å². The van der Waals surface area contributed by atoms with Crippen LogP contribution in [0.25, 0.3) is 0 Å². The van der Waals surface area contributed by atoms with Crippen molar-refractivity contribution >= 4 is 5.78 Å². The monoisotopic (exact) mass is 190 g/mol. The van der Waals surface area contributed by atoms with Crippen LogP contribution in [0, 0.1) is 17.8 Å². The van der Waals surface area contributed by atoms with Gasteiger partial charge in [-0.25, -0.2) is 4.98 Å². The van der Waals surface area contributed by atoms with E-state index in [2.05, 4.69) is 10.9 Å². The van der Waals surface area contributed by atoms with Gasteiger partial charge in [0.2, 0.25) is 5.78 Å². The molecule has 3 nitrogen and oxygen atoms in total. The van der Waals surface area contributed by atoms with Crippen LogP contribution in [0.4, 0.5) is 0 Å². The average Bonchev–Trinajstić information content (AvgIpc) is 2.43. The van der Waals surface area contributed by atoms with E-state index < -0.39 is 5.41 Å². The van der Waals surface area contributed by atoms with Crippen molar-refractivity contribution in [1.82, 2.24) is 9.55 Å². The number of rotatable bonds is 1. The van der Waals surface area contributed by atoms with Crippen molar-refractivity contribution in [3.05, 3.63) is 17.7 Å². The zero-order valence-corrected chi connectivity index (χ0v) is 8.96. The van der Waals surface area contributed by atoms with Crippen LogP contribution in [0.1, 0.15) is 37.1 Å². The summed E-state index contributed by atoms with van der Waals surface area (Å²) in [7, 11) is 1.75. The summed E-state index contributed by atoms with van der Waals surface area (Å²) >= 11 is 0. The van der Waals surface area contributed by atoms with Gasteiger partial charge in [-0.1, -0.05) is 26.7 Å². The van der Waals surface area contributed by atoms with Crippen molar-refractivity contribution in [3.8, 4) is 12.3 Å². The topological polar surface area (TPSA) is 34.9 Å². The van der Waals surface area contributed by atoms with Gasteiger partial charge in [-0.15, -0.1) is 6.42 Å². The number of imidazole rings is 1. The molecule has 1 aromatic heterocycles. The number of nitrogens with zero attached hydrogens (tertiary/aromatic N) is 2. The lowest BCUT2D eigenvalue weighted by Gasteiger charge is -2.15. The highest BCUT2D eigenvalue weighted by Gasteiger charge is 2.26. The van der Waals surface area contributed by atoms with Gasteiger partial charge in [0.05, 0.1) is 6.20 Å². The van der Waals surface area contributed by atoms with Crippen molar-refractivity contribution in [2.24, 2.45) is 12.5 Å². The third-order valence-corrected chi connectivity index (χ3v) is 2.02. The van der Waals surface area contributed by atoms with Crippen molar-refractivity contribution < 1.29 is 4.79 Å². The van der Waals surface area contributed by atoms with Crippen LogP contribution in [0.3, 0.4) is 0 Å². The van der Waals surface area contributed by atoms with Gasteiger partial charge in [0, 0.05) is 12.5 Å². The molecule has 0 aliphatic heterocycles. The standard InChI is InChI=1S/C11H14N2O/c1-6-8-7-12-10(13(8)5)9(14)11(2,3)4/h1,7H,2-5H3. The summed E-state index contributed by atoms with van der Waals surface area (Å²) in [5.74, 6) is 2.89. The third kappa shape index (κ3) is 1.69. The maximum atomic E-state index is 11.9. The van der Waals surface area contributed by atoms with Crippen LogP contribution < -0.4 is 0 Å². The van der Waals surface area contributed by atoms with E-state index in [1.807, 2.05) is 20.8 Å². The molecule has 14 heavy (non-hydrogen) atoms. The molecular formula is C11H14N2O. The van der Waals surface area contributed by atoms with Gasteiger partial charge in [0.1, 0.15) is 5.69 Å². The minimum absolute atomic E-state index is 0.00139. The van der Waals surface area contributed by atoms with Gasteiger partial charge >= 0.3 is 0 Å². The van der Waals surface area contributed by atoms with Crippen LogP contribution in [0.5, 0.6) is 0 Å². The highest BCUT2D eigenvalue weighted by molar-refractivity contribution is 5.97. The zero-order chi connectivity index (χ0) is 10.9. The lowest BCUT2D eigenvalue weighted by Crippen LogP contribution is -2.23. The van der Waals surface area contributed by atoms with Gasteiger partial charge in [0.25, 0.3) is 0 Å². The molecule has 1 heterocycles. The van der Waals surface area contributed by atoms with Crippen LogP contribution in [0.2, 0.25) is 0 Å². The van der Waals surface area contributed by atoms with Gasteiger partial charge in [0.15, 0.2) is 5.82 Å². The van der Waals surface area contributed by atoms with Gasteiger partial charge < -0.3 is 4.57 Å². The summed E-state index contributed by atoms with van der Waals surface area (Å²) < 4.78 is 1.65. The maximum absolute atomic E-state index is 11.9. The first-order valence-electron chi connectivity index (χ1n) is 4.41. The Labute approximate surface area is 84.2 Å². The van der Waals surface area contributed by atoms with E-state index in [1.54, 1.807) is 17.8 Å². The van der Waals surface area contributed by atoms with Gasteiger partial charge in [-0.3, -0.25) is 4.79 Å². The molecule has 1 aromatic rings. The third-order valence-electron chi connectivity index (χ3n) is 2.02. The van der Waals surface area contributed by atoms with E-state index in [0.29, 0.717) is 11.5 Å². The summed E-state index contributed by atoms with van der Waals surface area (Å²) in [5.41, 5.74) is 0.197. The van der Waals surface area contributed by atoms with Crippen molar-refractivity contribution in [2.75, 3.05) is 0 Å². The number of hydrogen-bond donors (Lipinski definition) is 0. The summed E-state index contributed by atoms with van der Waals surface area (Å²) in [5, 5.41) is 0. The molecule has 3 heteroatoms. The minimum atomic E-state index is -0.426. The van der Waals surface area contributed by atoms with Gasteiger partial charge in [-0.2, -0.15) is 0 Å². The fourth-order valence-electron chi connectivity index (χ4n) is 1.09. The molecule has 1 rings (SSSR count). The molecule has 0 radical (unpaired) electrons. The van der Waals surface area contributed by atoms with E-state index in [1.165, 1.54) is 0 Å². The lowest BCUT2D eigenvalue weighted by atomic mass is 9.90. The molecule has 0 bridgehead atoms. The molecule has 0 unspecified atom stereocenters. The second kappa shape index (κ2) is 3.30. The number of carbonyl (C=O) groups excluding carboxylic acids is 1. The molecule has 0 amide bonds. The molecule has 0 aliphatic rings. The normalized spacial score (nSPS) is 11.1. The summed E-state index contributed by atoms with van der Waals surface area (Å²) in [4.78, 5) is 15.9.